The molecule has 68 heavy (non-hydrogen) atoms. The maximum Gasteiger partial charge on any atom is 0.220 e. The maximum absolute atomic E-state index is 13.0. The smallest absolute Gasteiger partial charge is 0.220 e. The number of carbonyl (C=O) groups is 1. The van der Waals surface area contributed by atoms with Gasteiger partial charge in [0.05, 0.1) is 25.4 Å². The van der Waals surface area contributed by atoms with E-state index in [1.54, 1.807) is 0 Å². The SMILES string of the molecule is CC/C=C\C/C=C\C/C=C\C/C=C\CCCCCCC(=O)NC(COC1OC(CO)C(O)C(O)C1O)C(O)CCCCCCCCCCCCCCCCCCCCCCCCCCCCCC. The fourth-order valence-electron chi connectivity index (χ4n) is 9.15. The standard InChI is InChI=1S/C59H109NO8/c1-3-5-7-9-11-13-15-17-19-21-22-23-24-25-26-27-28-29-30-31-33-34-36-38-40-42-44-46-48-53(62)52(51-67-59-58(66)57(65)56(64)54(50-61)68-59)60-55(63)49-47-45-43-41-39-37-35-32-20-18-16-14-12-10-8-6-4-2/h6,8,12,14,18,20,35,37,52-54,56-59,61-62,64-66H,3-5,7,9-11,13,15-17,19,21-34,36,38-51H2,1-2H3,(H,60,63)/b8-6-,14-12-,20-18-,37-35-. The third kappa shape index (κ3) is 37.9. The highest BCUT2D eigenvalue weighted by molar-refractivity contribution is 5.76. The molecule has 0 bridgehead atoms. The van der Waals surface area contributed by atoms with Gasteiger partial charge in [-0.2, -0.15) is 0 Å². The van der Waals surface area contributed by atoms with Gasteiger partial charge in [-0.3, -0.25) is 4.79 Å². The lowest BCUT2D eigenvalue weighted by atomic mass is 9.99. The Morgan fingerprint density at radius 3 is 1.35 bits per heavy atom. The molecule has 1 saturated heterocycles. The zero-order valence-electron chi connectivity index (χ0n) is 44.1. The summed E-state index contributed by atoms with van der Waals surface area (Å²) >= 11 is 0. The van der Waals surface area contributed by atoms with Crippen molar-refractivity contribution < 1.29 is 39.8 Å². The second-order valence-corrected chi connectivity index (χ2v) is 20.1. The van der Waals surface area contributed by atoms with Crippen molar-refractivity contribution in [2.45, 2.75) is 307 Å². The normalized spacial score (nSPS) is 19.9. The summed E-state index contributed by atoms with van der Waals surface area (Å²) in [6.45, 7) is 3.73. The number of ether oxygens (including phenoxy) is 2. The van der Waals surface area contributed by atoms with E-state index in [1.807, 2.05) is 0 Å². The molecule has 1 aliphatic heterocycles. The molecule has 1 aliphatic rings. The highest BCUT2D eigenvalue weighted by Gasteiger charge is 2.44. The monoisotopic (exact) mass is 960 g/mol. The topological polar surface area (TPSA) is 149 Å². The van der Waals surface area contributed by atoms with Crippen LogP contribution in [0.5, 0.6) is 0 Å². The minimum atomic E-state index is -1.56. The number of unbranched alkanes of at least 4 members (excludes halogenated alkanes) is 31. The van der Waals surface area contributed by atoms with Crippen LogP contribution < -0.4 is 5.32 Å². The van der Waals surface area contributed by atoms with Gasteiger partial charge in [-0.25, -0.2) is 0 Å². The quantitative estimate of drug-likeness (QED) is 0.0261. The Balaban J connectivity index is 2.19. The van der Waals surface area contributed by atoms with Gasteiger partial charge >= 0.3 is 0 Å². The highest BCUT2D eigenvalue weighted by atomic mass is 16.7. The number of nitrogens with one attached hydrogen (secondary N) is 1. The van der Waals surface area contributed by atoms with Crippen molar-refractivity contribution in [3.8, 4) is 0 Å². The van der Waals surface area contributed by atoms with Crippen LogP contribution in [0.3, 0.4) is 0 Å². The summed E-state index contributed by atoms with van der Waals surface area (Å²) in [6, 6.07) is -0.734. The van der Waals surface area contributed by atoms with Crippen LogP contribution in [0, 0.1) is 0 Å². The average Bonchev–Trinajstić information content (AvgIpc) is 3.34. The van der Waals surface area contributed by atoms with Gasteiger partial charge in [-0.05, 0) is 51.4 Å². The van der Waals surface area contributed by atoms with Gasteiger partial charge in [0, 0.05) is 6.42 Å². The van der Waals surface area contributed by atoms with Gasteiger partial charge in [0.15, 0.2) is 6.29 Å². The molecule has 0 aromatic rings. The van der Waals surface area contributed by atoms with Gasteiger partial charge in [0.2, 0.25) is 5.91 Å². The zero-order valence-corrected chi connectivity index (χ0v) is 44.1. The van der Waals surface area contributed by atoms with Crippen molar-refractivity contribution in [2.24, 2.45) is 0 Å². The summed E-state index contributed by atoms with van der Waals surface area (Å²) < 4.78 is 11.3. The minimum Gasteiger partial charge on any atom is -0.394 e. The van der Waals surface area contributed by atoms with Crippen LogP contribution in [0.15, 0.2) is 48.6 Å². The van der Waals surface area contributed by atoms with E-state index in [9.17, 15) is 30.3 Å². The number of amides is 1. The number of carbonyl (C=O) groups excluding carboxylic acids is 1. The first-order chi connectivity index (χ1) is 33.3. The Labute approximate surface area is 418 Å². The predicted octanol–water partition coefficient (Wildman–Crippen LogP) is 14.1. The molecular formula is C59H109NO8. The van der Waals surface area contributed by atoms with E-state index >= 15 is 0 Å². The Hall–Kier alpha value is -1.85. The third-order valence-corrected chi connectivity index (χ3v) is 13.7. The fraction of sp³-hybridized carbons (Fsp3) is 0.847. The average molecular weight is 961 g/mol. The highest BCUT2D eigenvalue weighted by Crippen LogP contribution is 2.23. The number of aliphatic hydroxyl groups excluding tert-OH is 5. The van der Waals surface area contributed by atoms with E-state index in [-0.39, 0.29) is 12.5 Å². The van der Waals surface area contributed by atoms with Crippen LogP contribution in [-0.2, 0) is 14.3 Å². The Bertz CT molecular complexity index is 1210. The molecule has 0 aliphatic carbocycles. The first-order valence-electron chi connectivity index (χ1n) is 28.8. The van der Waals surface area contributed by atoms with Crippen molar-refractivity contribution in [2.75, 3.05) is 13.2 Å². The summed E-state index contributed by atoms with van der Waals surface area (Å²) in [5.41, 5.74) is 0. The molecule has 398 valence electrons. The minimum absolute atomic E-state index is 0.149. The van der Waals surface area contributed by atoms with Gasteiger partial charge in [0.25, 0.3) is 0 Å². The number of rotatable bonds is 49. The molecule has 9 nitrogen and oxygen atoms in total. The molecule has 0 aromatic carbocycles. The van der Waals surface area contributed by atoms with Crippen LogP contribution in [0.2, 0.25) is 0 Å². The largest absolute Gasteiger partial charge is 0.394 e. The molecule has 0 aromatic heterocycles. The van der Waals surface area contributed by atoms with Crippen LogP contribution >= 0.6 is 0 Å². The van der Waals surface area contributed by atoms with E-state index in [0.717, 1.165) is 77.0 Å². The lowest BCUT2D eigenvalue weighted by Crippen LogP contribution is -2.60. The molecule has 0 radical (unpaired) electrons. The van der Waals surface area contributed by atoms with Crippen molar-refractivity contribution in [3.63, 3.8) is 0 Å². The molecule has 1 fully saturated rings. The molecule has 1 heterocycles. The van der Waals surface area contributed by atoms with E-state index < -0.39 is 49.5 Å². The second kappa shape index (κ2) is 48.8. The number of hydrogen-bond acceptors (Lipinski definition) is 8. The van der Waals surface area contributed by atoms with E-state index in [1.165, 1.54) is 161 Å². The summed E-state index contributed by atoms with van der Waals surface area (Å²) in [5, 5.41) is 54.6. The van der Waals surface area contributed by atoms with Crippen molar-refractivity contribution in [3.05, 3.63) is 48.6 Å². The number of aliphatic hydroxyl groups is 5. The molecule has 9 heteroatoms. The summed E-state index contributed by atoms with van der Waals surface area (Å²) in [5.74, 6) is -0.166. The lowest BCUT2D eigenvalue weighted by Gasteiger charge is -2.40. The van der Waals surface area contributed by atoms with Crippen molar-refractivity contribution in [1.29, 1.82) is 0 Å². The van der Waals surface area contributed by atoms with Crippen LogP contribution in [0.4, 0.5) is 0 Å². The van der Waals surface area contributed by atoms with Gasteiger partial charge in [-0.15, -0.1) is 0 Å². The third-order valence-electron chi connectivity index (χ3n) is 13.7. The lowest BCUT2D eigenvalue weighted by molar-refractivity contribution is -0.302. The maximum atomic E-state index is 13.0. The first-order valence-corrected chi connectivity index (χ1v) is 28.8. The van der Waals surface area contributed by atoms with E-state index in [0.29, 0.717) is 12.8 Å². The molecular weight excluding hydrogens is 851 g/mol. The molecule has 1 rings (SSSR count). The Morgan fingerprint density at radius 1 is 0.515 bits per heavy atom. The van der Waals surface area contributed by atoms with Gasteiger partial charge < -0.3 is 40.3 Å². The first kappa shape index (κ1) is 64.2. The number of hydrogen-bond donors (Lipinski definition) is 6. The predicted molar refractivity (Wildman–Crippen MR) is 286 cm³/mol. The van der Waals surface area contributed by atoms with Gasteiger partial charge in [0.1, 0.15) is 24.4 Å². The van der Waals surface area contributed by atoms with E-state index in [2.05, 4.69) is 67.8 Å². The van der Waals surface area contributed by atoms with E-state index in [4.69, 9.17) is 9.47 Å². The van der Waals surface area contributed by atoms with Crippen LogP contribution in [-0.4, -0.2) is 87.5 Å². The summed E-state index contributed by atoms with van der Waals surface area (Å²) in [6.07, 6.45) is 57.2. The Kier molecular flexibility index (Phi) is 46.0. The van der Waals surface area contributed by atoms with Crippen LogP contribution in [0.25, 0.3) is 0 Å². The summed E-state index contributed by atoms with van der Waals surface area (Å²) in [7, 11) is 0. The molecule has 7 unspecified atom stereocenters. The van der Waals surface area contributed by atoms with Gasteiger partial charge in [-0.1, -0.05) is 255 Å². The zero-order chi connectivity index (χ0) is 49.4. The van der Waals surface area contributed by atoms with Crippen molar-refractivity contribution in [1.82, 2.24) is 5.32 Å². The molecule has 0 saturated carbocycles. The molecule has 7 atom stereocenters. The fourth-order valence-corrected chi connectivity index (χ4v) is 9.15. The second-order valence-electron chi connectivity index (χ2n) is 20.1. The molecule has 6 N–H and O–H groups in total. The van der Waals surface area contributed by atoms with Crippen LogP contribution in [0.1, 0.15) is 264 Å². The summed E-state index contributed by atoms with van der Waals surface area (Å²) in [4.78, 5) is 13.0. The van der Waals surface area contributed by atoms with Crippen molar-refractivity contribution >= 4 is 5.91 Å². The molecule has 0 spiro atoms. The molecule has 1 amide bonds. The Morgan fingerprint density at radius 2 is 0.912 bits per heavy atom. The number of allylic oxidation sites excluding steroid dienone is 8.